The zero-order chi connectivity index (χ0) is 13.8. The second kappa shape index (κ2) is 6.37. The molecule has 2 unspecified atom stereocenters. The molecule has 2 aliphatic rings. The molecule has 0 aromatic rings. The molecule has 2 amide bonds. The van der Waals surface area contributed by atoms with E-state index in [9.17, 15) is 9.59 Å². The number of amides is 2. The zero-order valence-corrected chi connectivity index (χ0v) is 11.9. The zero-order valence-electron chi connectivity index (χ0n) is 11.9. The van der Waals surface area contributed by atoms with Gasteiger partial charge in [-0.15, -0.1) is 0 Å². The van der Waals surface area contributed by atoms with Crippen LogP contribution in [0.3, 0.4) is 0 Å². The van der Waals surface area contributed by atoms with E-state index >= 15 is 0 Å². The van der Waals surface area contributed by atoms with Gasteiger partial charge in [-0.25, -0.2) is 0 Å². The number of nitrogens with zero attached hydrogens (tertiary/aromatic N) is 1. The first kappa shape index (κ1) is 14.3. The largest absolute Gasteiger partial charge is 0.378 e. The summed E-state index contributed by atoms with van der Waals surface area (Å²) in [6.07, 6.45) is 4.50. The van der Waals surface area contributed by atoms with Crippen molar-refractivity contribution in [1.29, 1.82) is 0 Å². The van der Waals surface area contributed by atoms with Gasteiger partial charge in [0.05, 0.1) is 12.6 Å². The lowest BCUT2D eigenvalue weighted by Crippen LogP contribution is -2.60. The fourth-order valence-corrected chi connectivity index (χ4v) is 2.70. The van der Waals surface area contributed by atoms with E-state index in [0.29, 0.717) is 6.54 Å². The summed E-state index contributed by atoms with van der Waals surface area (Å²) < 4.78 is 5.67. The molecule has 0 spiro atoms. The number of rotatable bonds is 4. The lowest BCUT2D eigenvalue weighted by molar-refractivity contribution is -0.146. The standard InChI is InChI=1S/C14H24N2O3/c1-10(2)13-14(18)16(9-12(17)15-13)7-6-11-5-3-4-8-19-11/h10-11,13H,3-9H2,1-2H3,(H,15,17). The van der Waals surface area contributed by atoms with Gasteiger partial charge in [0.25, 0.3) is 0 Å². The number of carbonyl (C=O) groups is 2. The van der Waals surface area contributed by atoms with Crippen molar-refractivity contribution in [3.63, 3.8) is 0 Å². The molecule has 2 fully saturated rings. The molecule has 2 aliphatic heterocycles. The van der Waals surface area contributed by atoms with Gasteiger partial charge in [0, 0.05) is 13.2 Å². The number of nitrogens with one attached hydrogen (secondary N) is 1. The van der Waals surface area contributed by atoms with Crippen LogP contribution in [0.25, 0.3) is 0 Å². The summed E-state index contributed by atoms with van der Waals surface area (Å²) in [6, 6.07) is -0.367. The second-order valence-corrected chi connectivity index (χ2v) is 5.83. The van der Waals surface area contributed by atoms with E-state index in [-0.39, 0.29) is 36.4 Å². The maximum atomic E-state index is 12.3. The Morgan fingerprint density at radius 2 is 2.16 bits per heavy atom. The highest BCUT2D eigenvalue weighted by Gasteiger charge is 2.34. The van der Waals surface area contributed by atoms with E-state index in [4.69, 9.17) is 4.74 Å². The van der Waals surface area contributed by atoms with Crippen LogP contribution in [0.2, 0.25) is 0 Å². The summed E-state index contributed by atoms with van der Waals surface area (Å²) in [5.41, 5.74) is 0. The highest BCUT2D eigenvalue weighted by atomic mass is 16.5. The Kier molecular flexibility index (Phi) is 4.80. The number of piperazine rings is 1. The number of hydrogen-bond acceptors (Lipinski definition) is 3. The Morgan fingerprint density at radius 1 is 1.37 bits per heavy atom. The summed E-state index contributed by atoms with van der Waals surface area (Å²) >= 11 is 0. The van der Waals surface area contributed by atoms with Crippen molar-refractivity contribution in [2.75, 3.05) is 19.7 Å². The fourth-order valence-electron chi connectivity index (χ4n) is 2.70. The maximum Gasteiger partial charge on any atom is 0.245 e. The summed E-state index contributed by atoms with van der Waals surface area (Å²) in [4.78, 5) is 25.6. The Balaban J connectivity index is 1.87. The van der Waals surface area contributed by atoms with E-state index in [1.165, 1.54) is 6.42 Å². The Labute approximate surface area is 114 Å². The van der Waals surface area contributed by atoms with Gasteiger partial charge in [-0.05, 0) is 31.6 Å². The van der Waals surface area contributed by atoms with E-state index in [2.05, 4.69) is 5.32 Å². The molecule has 0 aromatic heterocycles. The van der Waals surface area contributed by atoms with Crippen LogP contribution in [0, 0.1) is 5.92 Å². The molecular weight excluding hydrogens is 244 g/mol. The van der Waals surface area contributed by atoms with Crippen LogP contribution in [-0.2, 0) is 14.3 Å². The van der Waals surface area contributed by atoms with Crippen LogP contribution in [0.5, 0.6) is 0 Å². The lowest BCUT2D eigenvalue weighted by Gasteiger charge is -2.35. The molecule has 0 aliphatic carbocycles. The molecule has 108 valence electrons. The van der Waals surface area contributed by atoms with Crippen molar-refractivity contribution in [3.05, 3.63) is 0 Å². The molecule has 0 bridgehead atoms. The first-order valence-electron chi connectivity index (χ1n) is 7.27. The van der Waals surface area contributed by atoms with Crippen molar-refractivity contribution in [3.8, 4) is 0 Å². The second-order valence-electron chi connectivity index (χ2n) is 5.83. The number of carbonyl (C=O) groups excluding carboxylic acids is 2. The SMILES string of the molecule is CC(C)C1NC(=O)CN(CCC2CCCCO2)C1=O. The Morgan fingerprint density at radius 3 is 2.79 bits per heavy atom. The highest BCUT2D eigenvalue weighted by molar-refractivity contribution is 5.94. The van der Waals surface area contributed by atoms with Crippen LogP contribution in [0.15, 0.2) is 0 Å². The minimum atomic E-state index is -0.367. The van der Waals surface area contributed by atoms with Gasteiger partial charge in [-0.3, -0.25) is 9.59 Å². The van der Waals surface area contributed by atoms with E-state index < -0.39 is 0 Å². The molecule has 19 heavy (non-hydrogen) atoms. The normalized spacial score (nSPS) is 28.7. The molecule has 1 N–H and O–H groups in total. The first-order valence-corrected chi connectivity index (χ1v) is 7.27. The predicted molar refractivity (Wildman–Crippen MR) is 71.6 cm³/mol. The molecule has 2 saturated heterocycles. The van der Waals surface area contributed by atoms with E-state index in [1.54, 1.807) is 4.90 Å². The van der Waals surface area contributed by atoms with Crippen molar-refractivity contribution >= 4 is 11.8 Å². The minimum absolute atomic E-state index is 0.0467. The molecular formula is C14H24N2O3. The van der Waals surface area contributed by atoms with Crippen molar-refractivity contribution in [2.24, 2.45) is 5.92 Å². The van der Waals surface area contributed by atoms with Gasteiger partial charge in [-0.2, -0.15) is 0 Å². The van der Waals surface area contributed by atoms with Gasteiger partial charge in [0.15, 0.2) is 0 Å². The minimum Gasteiger partial charge on any atom is -0.378 e. The molecule has 2 atom stereocenters. The lowest BCUT2D eigenvalue weighted by atomic mass is 10.00. The third-order valence-corrected chi connectivity index (χ3v) is 3.89. The average molecular weight is 268 g/mol. The smallest absolute Gasteiger partial charge is 0.245 e. The fraction of sp³-hybridized carbons (Fsp3) is 0.857. The van der Waals surface area contributed by atoms with Crippen molar-refractivity contribution < 1.29 is 14.3 Å². The first-order chi connectivity index (χ1) is 9.08. The van der Waals surface area contributed by atoms with Gasteiger partial charge >= 0.3 is 0 Å². The van der Waals surface area contributed by atoms with Crippen molar-refractivity contribution in [2.45, 2.75) is 51.7 Å². The third-order valence-electron chi connectivity index (χ3n) is 3.89. The van der Waals surface area contributed by atoms with Gasteiger partial charge in [0.1, 0.15) is 6.04 Å². The van der Waals surface area contributed by atoms with E-state index in [0.717, 1.165) is 25.9 Å². The van der Waals surface area contributed by atoms with Crippen LogP contribution < -0.4 is 5.32 Å². The van der Waals surface area contributed by atoms with Crippen molar-refractivity contribution in [1.82, 2.24) is 10.2 Å². The quantitative estimate of drug-likeness (QED) is 0.825. The Hall–Kier alpha value is -1.10. The highest BCUT2D eigenvalue weighted by Crippen LogP contribution is 2.17. The molecule has 0 saturated carbocycles. The average Bonchev–Trinajstić information content (AvgIpc) is 2.40. The molecule has 2 heterocycles. The van der Waals surface area contributed by atoms with Crippen LogP contribution in [0.4, 0.5) is 0 Å². The Bertz CT molecular complexity index is 338. The summed E-state index contributed by atoms with van der Waals surface area (Å²) in [7, 11) is 0. The molecule has 2 rings (SSSR count). The molecule has 0 aromatic carbocycles. The topological polar surface area (TPSA) is 58.6 Å². The monoisotopic (exact) mass is 268 g/mol. The summed E-state index contributed by atoms with van der Waals surface area (Å²) in [6.45, 7) is 5.55. The number of ether oxygens (including phenoxy) is 1. The maximum absolute atomic E-state index is 12.3. The summed E-state index contributed by atoms with van der Waals surface area (Å²) in [5.74, 6) is 0.124. The predicted octanol–water partition coefficient (Wildman–Crippen LogP) is 0.929. The van der Waals surface area contributed by atoms with Gasteiger partial charge < -0.3 is 15.0 Å². The molecule has 5 heteroatoms. The van der Waals surface area contributed by atoms with Crippen LogP contribution in [-0.4, -0.2) is 48.6 Å². The third kappa shape index (κ3) is 3.69. The van der Waals surface area contributed by atoms with Gasteiger partial charge in [0.2, 0.25) is 11.8 Å². The van der Waals surface area contributed by atoms with Crippen LogP contribution in [0.1, 0.15) is 39.5 Å². The molecule has 5 nitrogen and oxygen atoms in total. The number of hydrogen-bond donors (Lipinski definition) is 1. The summed E-state index contributed by atoms with van der Waals surface area (Å²) in [5, 5.41) is 2.77. The van der Waals surface area contributed by atoms with E-state index in [1.807, 2.05) is 13.8 Å². The molecule has 0 radical (unpaired) electrons. The van der Waals surface area contributed by atoms with Crippen LogP contribution >= 0.6 is 0 Å². The van der Waals surface area contributed by atoms with Gasteiger partial charge in [-0.1, -0.05) is 13.8 Å².